The zero-order valence-corrected chi connectivity index (χ0v) is 27.6. The Morgan fingerprint density at radius 3 is 2.39 bits per heavy atom. The molecular weight excluding hydrogens is 641 g/mol. The van der Waals surface area contributed by atoms with Crippen molar-refractivity contribution in [2.45, 2.75) is 63.9 Å². The number of nitrogens with zero attached hydrogens (tertiary/aromatic N) is 5. The molecule has 0 unspecified atom stereocenters. The lowest BCUT2D eigenvalue weighted by atomic mass is 9.95. The van der Waals surface area contributed by atoms with Crippen LogP contribution in [0.25, 0.3) is 11.1 Å². The minimum Gasteiger partial charge on any atom is -0.478 e. The quantitative estimate of drug-likeness (QED) is 0.307. The summed E-state index contributed by atoms with van der Waals surface area (Å²) in [6.45, 7) is 5.73. The molecule has 1 aliphatic carbocycles. The molecular formula is C35H41F3N6O5. The summed E-state index contributed by atoms with van der Waals surface area (Å²) in [4.78, 5) is 45.3. The highest BCUT2D eigenvalue weighted by atomic mass is 19.4. The van der Waals surface area contributed by atoms with E-state index in [4.69, 9.17) is 4.74 Å². The molecule has 0 spiro atoms. The third kappa shape index (κ3) is 7.78. The van der Waals surface area contributed by atoms with E-state index in [0.717, 1.165) is 37.6 Å². The van der Waals surface area contributed by atoms with Gasteiger partial charge in [-0.1, -0.05) is 18.2 Å². The second-order valence-electron chi connectivity index (χ2n) is 13.5. The molecule has 49 heavy (non-hydrogen) atoms. The number of H-pyrrole nitrogens is 1. The molecule has 6 rings (SSSR count). The zero-order chi connectivity index (χ0) is 34.9. The Kier molecular flexibility index (Phi) is 9.50. The maximum absolute atomic E-state index is 14.1. The Morgan fingerprint density at radius 2 is 1.73 bits per heavy atom. The average Bonchev–Trinajstić information content (AvgIpc) is 3.78. The van der Waals surface area contributed by atoms with Crippen LogP contribution in [0, 0.1) is 5.92 Å². The van der Waals surface area contributed by atoms with E-state index in [1.165, 1.54) is 23.4 Å². The van der Waals surface area contributed by atoms with Crippen LogP contribution in [0.3, 0.4) is 0 Å². The number of benzene rings is 2. The molecule has 2 aromatic carbocycles. The minimum atomic E-state index is -4.57. The van der Waals surface area contributed by atoms with Crippen LogP contribution >= 0.6 is 0 Å². The summed E-state index contributed by atoms with van der Waals surface area (Å²) >= 11 is 0. The first-order valence-corrected chi connectivity index (χ1v) is 16.6. The molecule has 0 radical (unpaired) electrons. The Morgan fingerprint density at radius 1 is 1.00 bits per heavy atom. The van der Waals surface area contributed by atoms with Crippen molar-refractivity contribution in [1.29, 1.82) is 0 Å². The number of amides is 3. The highest BCUT2D eigenvalue weighted by molar-refractivity contribution is 5.85. The first-order chi connectivity index (χ1) is 23.3. The number of rotatable bonds is 9. The number of halogens is 3. The summed E-state index contributed by atoms with van der Waals surface area (Å²) in [5.74, 6) is -0.117. The van der Waals surface area contributed by atoms with Gasteiger partial charge < -0.3 is 29.4 Å². The van der Waals surface area contributed by atoms with Gasteiger partial charge in [-0.2, -0.15) is 18.3 Å². The third-order valence-corrected chi connectivity index (χ3v) is 9.50. The molecule has 3 fully saturated rings. The van der Waals surface area contributed by atoms with Crippen LogP contribution in [0.4, 0.5) is 23.7 Å². The zero-order valence-electron chi connectivity index (χ0n) is 27.6. The van der Waals surface area contributed by atoms with Gasteiger partial charge >= 0.3 is 12.3 Å². The smallest absolute Gasteiger partial charge is 0.417 e. The number of carboxylic acid groups (broad SMARTS) is 1. The van der Waals surface area contributed by atoms with Crippen molar-refractivity contribution < 1.29 is 37.4 Å². The fraction of sp³-hybridized carbons (Fsp3) is 0.486. The monoisotopic (exact) mass is 682 g/mol. The van der Waals surface area contributed by atoms with Gasteiger partial charge in [0.25, 0.3) is 5.91 Å². The highest BCUT2D eigenvalue weighted by Crippen LogP contribution is 2.39. The fourth-order valence-electron chi connectivity index (χ4n) is 6.76. The molecule has 2 saturated heterocycles. The van der Waals surface area contributed by atoms with Gasteiger partial charge in [0.15, 0.2) is 5.60 Å². The van der Waals surface area contributed by atoms with Crippen molar-refractivity contribution in [2.24, 2.45) is 5.92 Å². The second kappa shape index (κ2) is 13.6. The van der Waals surface area contributed by atoms with Crippen LogP contribution < -0.4 is 9.64 Å². The maximum Gasteiger partial charge on any atom is 0.417 e. The summed E-state index contributed by atoms with van der Waals surface area (Å²) in [7, 11) is 0. The van der Waals surface area contributed by atoms with E-state index in [0.29, 0.717) is 42.9 Å². The van der Waals surface area contributed by atoms with Gasteiger partial charge in [-0.25, -0.2) is 4.79 Å². The molecule has 0 bridgehead atoms. The lowest BCUT2D eigenvalue weighted by Crippen LogP contribution is -2.56. The van der Waals surface area contributed by atoms with Crippen molar-refractivity contribution in [3.63, 3.8) is 0 Å². The summed E-state index contributed by atoms with van der Waals surface area (Å²) < 4.78 is 48.5. The lowest BCUT2D eigenvalue weighted by Gasteiger charge is -2.38. The number of anilines is 1. The van der Waals surface area contributed by atoms with E-state index >= 15 is 0 Å². The largest absolute Gasteiger partial charge is 0.478 e. The highest BCUT2D eigenvalue weighted by Gasteiger charge is 2.40. The summed E-state index contributed by atoms with van der Waals surface area (Å²) in [6.07, 6.45) is 0.304. The van der Waals surface area contributed by atoms with E-state index in [2.05, 4.69) is 15.1 Å². The fourth-order valence-corrected chi connectivity index (χ4v) is 6.76. The Hall–Kier alpha value is -4.75. The molecule has 2 aliphatic heterocycles. The van der Waals surface area contributed by atoms with Gasteiger partial charge in [0.1, 0.15) is 5.75 Å². The SMILES string of the molecule is CC(C)(Oc1cccc(N2CCC[C@@H](C(=O)N(Cc3ccc(-c4cn[nH]c4)c(C(F)(F)F)c3)C3CC3)C2)c1)C(=O)N1CCN(C(=O)O)CC1. The van der Waals surface area contributed by atoms with Gasteiger partial charge in [-0.15, -0.1) is 0 Å². The van der Waals surface area contributed by atoms with Crippen molar-refractivity contribution in [2.75, 3.05) is 44.2 Å². The van der Waals surface area contributed by atoms with E-state index in [9.17, 15) is 32.7 Å². The number of alkyl halides is 3. The van der Waals surface area contributed by atoms with Gasteiger partial charge in [0.05, 0.1) is 17.7 Å². The van der Waals surface area contributed by atoms with Gasteiger partial charge in [-0.3, -0.25) is 14.7 Å². The van der Waals surface area contributed by atoms with Crippen molar-refractivity contribution in [3.8, 4) is 16.9 Å². The molecule has 14 heteroatoms. The van der Waals surface area contributed by atoms with Gasteiger partial charge in [-0.05, 0) is 68.9 Å². The Labute approximate surface area is 282 Å². The normalized spacial score (nSPS) is 18.7. The predicted molar refractivity (Wildman–Crippen MR) is 175 cm³/mol. The number of carbonyl (C=O) groups is 3. The predicted octanol–water partition coefficient (Wildman–Crippen LogP) is 5.48. The molecule has 11 nitrogen and oxygen atoms in total. The summed E-state index contributed by atoms with van der Waals surface area (Å²) in [5.41, 5.74) is -0.301. The third-order valence-electron chi connectivity index (χ3n) is 9.50. The standard InChI is InChI=1S/C35H41F3N6O5/c1-34(2,32(46)41-13-15-42(16-14-41)33(47)48)49-28-7-3-6-27(18-28)43-12-4-5-24(22-43)31(45)44(26-9-10-26)21-23-8-11-29(25-19-39-40-20-25)30(17-23)35(36,37)38/h3,6-8,11,17-20,24,26H,4-5,9-10,12-16,21-22H2,1-2H3,(H,39,40)(H,47,48)/t24-/m1/s1. The molecule has 1 aromatic heterocycles. The maximum atomic E-state index is 14.1. The van der Waals surface area contributed by atoms with E-state index in [1.807, 2.05) is 18.2 Å². The van der Waals surface area contributed by atoms with Crippen molar-refractivity contribution in [1.82, 2.24) is 24.9 Å². The Bertz CT molecular complexity index is 1670. The van der Waals surface area contributed by atoms with Crippen LogP contribution in [0.1, 0.15) is 50.7 Å². The molecule has 3 amide bonds. The van der Waals surface area contributed by atoms with Crippen LogP contribution in [0.5, 0.6) is 5.75 Å². The van der Waals surface area contributed by atoms with Gasteiger partial charge in [0.2, 0.25) is 5.91 Å². The minimum absolute atomic E-state index is 0.00867. The van der Waals surface area contributed by atoms with E-state index in [1.54, 1.807) is 35.8 Å². The molecule has 2 N–H and O–H groups in total. The molecule has 1 saturated carbocycles. The molecule has 262 valence electrons. The Balaban J connectivity index is 1.12. The number of carbonyl (C=O) groups excluding carboxylic acids is 2. The summed E-state index contributed by atoms with van der Waals surface area (Å²) in [6, 6.07) is 11.6. The number of ether oxygens (including phenoxy) is 1. The van der Waals surface area contributed by atoms with Crippen LogP contribution in [0.15, 0.2) is 54.9 Å². The van der Waals surface area contributed by atoms with Gasteiger partial charge in [0, 0.05) is 75.4 Å². The molecule has 3 heterocycles. The van der Waals surface area contributed by atoms with Crippen molar-refractivity contribution >= 4 is 23.6 Å². The number of hydrogen-bond acceptors (Lipinski definition) is 6. The summed E-state index contributed by atoms with van der Waals surface area (Å²) in [5, 5.41) is 15.6. The van der Waals surface area contributed by atoms with Crippen LogP contribution in [0.2, 0.25) is 0 Å². The van der Waals surface area contributed by atoms with Crippen LogP contribution in [-0.2, 0) is 22.3 Å². The van der Waals surface area contributed by atoms with E-state index in [-0.39, 0.29) is 49.0 Å². The average molecular weight is 683 g/mol. The number of piperazine rings is 1. The van der Waals surface area contributed by atoms with Crippen molar-refractivity contribution in [3.05, 3.63) is 66.0 Å². The number of nitrogens with one attached hydrogen (secondary N) is 1. The topological polar surface area (TPSA) is 122 Å². The molecule has 3 aliphatic rings. The first-order valence-electron chi connectivity index (χ1n) is 16.6. The number of aromatic amines is 1. The second-order valence-corrected chi connectivity index (χ2v) is 13.5. The first kappa shape index (κ1) is 34.1. The molecule has 3 aromatic rings. The van der Waals surface area contributed by atoms with E-state index < -0.39 is 23.4 Å². The number of aromatic nitrogens is 2. The number of hydrogen-bond donors (Lipinski definition) is 2. The number of piperidine rings is 1. The molecule has 1 atom stereocenters. The lowest BCUT2D eigenvalue weighted by molar-refractivity contribution is -0.147. The van der Waals surface area contributed by atoms with Crippen LogP contribution in [-0.4, -0.2) is 98.8 Å².